The highest BCUT2D eigenvalue weighted by atomic mass is 35.5. The van der Waals surface area contributed by atoms with Gasteiger partial charge in [-0.15, -0.1) is 5.10 Å². The van der Waals surface area contributed by atoms with Gasteiger partial charge in [0, 0.05) is 18.5 Å². The molecule has 41 heavy (non-hydrogen) atoms. The number of hydrogen-bond donors (Lipinski definition) is 1. The van der Waals surface area contributed by atoms with Crippen LogP contribution >= 0.6 is 11.6 Å². The Bertz CT molecular complexity index is 1600. The second-order valence-corrected chi connectivity index (χ2v) is 12.3. The molecular weight excluding hydrogens is 573 g/mol. The first-order chi connectivity index (χ1) is 19.6. The normalized spacial score (nSPS) is 17.0. The Hall–Kier alpha value is -3.57. The Balaban J connectivity index is 1.61. The quantitative estimate of drug-likeness (QED) is 0.308. The Labute approximate surface area is 243 Å². The fourth-order valence-corrected chi connectivity index (χ4v) is 7.44. The third-order valence-electron chi connectivity index (χ3n) is 7.18. The number of aromatic nitrogens is 2. The second-order valence-electron chi connectivity index (χ2n) is 10.1. The third kappa shape index (κ3) is 5.78. The lowest BCUT2D eigenvalue weighted by atomic mass is 10.0. The minimum Gasteiger partial charge on any atom is -0.486 e. The number of carboxylic acid groups (broad SMARTS) is 1. The van der Waals surface area contributed by atoms with Gasteiger partial charge in [0.15, 0.2) is 4.90 Å². The van der Waals surface area contributed by atoms with Gasteiger partial charge in [-0.25, -0.2) is 12.8 Å². The molecule has 9 nitrogen and oxygen atoms in total. The molecule has 2 aliphatic heterocycles. The molecule has 0 bridgehead atoms. The summed E-state index contributed by atoms with van der Waals surface area (Å²) in [4.78, 5) is 11.3. The molecule has 0 saturated carbocycles. The molecule has 1 unspecified atom stereocenters. The van der Waals surface area contributed by atoms with Crippen molar-refractivity contribution in [2.45, 2.75) is 63.5 Å². The van der Waals surface area contributed by atoms with E-state index in [0.717, 1.165) is 12.8 Å². The predicted molar refractivity (Wildman–Crippen MR) is 154 cm³/mol. The maximum Gasteiger partial charge on any atom is 0.303 e. The van der Waals surface area contributed by atoms with Crippen LogP contribution in [0.2, 0.25) is 5.02 Å². The van der Waals surface area contributed by atoms with E-state index in [0.29, 0.717) is 35.5 Å². The molecule has 1 aromatic heterocycles. The number of ether oxygens (including phenoxy) is 2. The van der Waals surface area contributed by atoms with E-state index in [9.17, 15) is 22.7 Å². The van der Waals surface area contributed by atoms with Crippen molar-refractivity contribution in [3.05, 3.63) is 64.1 Å². The van der Waals surface area contributed by atoms with Gasteiger partial charge < -0.3 is 14.6 Å². The molecular formula is C29H31ClFN3O6S. The van der Waals surface area contributed by atoms with E-state index in [1.54, 1.807) is 48.9 Å². The maximum atomic E-state index is 14.6. The highest BCUT2D eigenvalue weighted by Crippen LogP contribution is 2.42. The van der Waals surface area contributed by atoms with Crippen molar-refractivity contribution in [1.29, 1.82) is 0 Å². The Morgan fingerprint density at radius 3 is 2.83 bits per heavy atom. The van der Waals surface area contributed by atoms with Crippen LogP contribution in [-0.4, -0.2) is 48.5 Å². The number of rotatable bonds is 9. The van der Waals surface area contributed by atoms with Crippen molar-refractivity contribution < 1.29 is 32.2 Å². The SMILES string of the molecule is CCOc1nn2c(c1S(=O)(=O)N1CC(CCC(=O)O)Oc3ccc(/C=C(\C)c4c(F)cccc4Cl)cc31)CCCC2. The Morgan fingerprint density at radius 1 is 1.29 bits per heavy atom. The van der Waals surface area contributed by atoms with E-state index < -0.39 is 27.9 Å². The van der Waals surface area contributed by atoms with Gasteiger partial charge in [-0.1, -0.05) is 29.8 Å². The van der Waals surface area contributed by atoms with Crippen LogP contribution < -0.4 is 13.8 Å². The van der Waals surface area contributed by atoms with E-state index in [-0.39, 0.29) is 53.0 Å². The van der Waals surface area contributed by atoms with Crippen LogP contribution in [0.1, 0.15) is 56.4 Å². The van der Waals surface area contributed by atoms with Crippen LogP contribution in [0.4, 0.5) is 10.1 Å². The topological polar surface area (TPSA) is 111 Å². The smallest absolute Gasteiger partial charge is 0.303 e. The van der Waals surface area contributed by atoms with Crippen molar-refractivity contribution in [2.75, 3.05) is 17.5 Å². The minimum absolute atomic E-state index is 0.0270. The van der Waals surface area contributed by atoms with E-state index >= 15 is 0 Å². The molecule has 0 aliphatic carbocycles. The molecule has 12 heteroatoms. The molecule has 1 atom stereocenters. The van der Waals surface area contributed by atoms with Gasteiger partial charge in [0.1, 0.15) is 17.7 Å². The summed E-state index contributed by atoms with van der Waals surface area (Å²) >= 11 is 6.26. The Kier molecular flexibility index (Phi) is 8.28. The zero-order valence-corrected chi connectivity index (χ0v) is 24.3. The van der Waals surface area contributed by atoms with E-state index in [1.165, 1.54) is 16.4 Å². The lowest BCUT2D eigenvalue weighted by Gasteiger charge is -2.35. The molecule has 2 aromatic carbocycles. The number of hydrogen-bond acceptors (Lipinski definition) is 6. The molecule has 0 spiro atoms. The molecule has 218 valence electrons. The number of aliphatic carboxylic acids is 1. The van der Waals surface area contributed by atoms with Crippen molar-refractivity contribution >= 4 is 44.9 Å². The van der Waals surface area contributed by atoms with Crippen molar-refractivity contribution in [3.8, 4) is 11.6 Å². The molecule has 0 radical (unpaired) electrons. The van der Waals surface area contributed by atoms with Gasteiger partial charge in [0.25, 0.3) is 15.9 Å². The summed E-state index contributed by atoms with van der Waals surface area (Å²) in [7, 11) is -4.21. The average Bonchev–Trinajstić information content (AvgIpc) is 3.30. The number of carbonyl (C=O) groups is 1. The summed E-state index contributed by atoms with van der Waals surface area (Å²) in [6.07, 6.45) is 3.24. The first kappa shape index (κ1) is 28.9. The van der Waals surface area contributed by atoms with Gasteiger partial charge in [-0.2, -0.15) is 0 Å². The molecule has 3 aromatic rings. The molecule has 1 N–H and O–H groups in total. The van der Waals surface area contributed by atoms with Gasteiger partial charge >= 0.3 is 5.97 Å². The largest absolute Gasteiger partial charge is 0.486 e. The number of aryl methyl sites for hydroxylation is 1. The van der Waals surface area contributed by atoms with E-state index in [2.05, 4.69) is 5.10 Å². The van der Waals surface area contributed by atoms with Crippen LogP contribution in [0, 0.1) is 5.82 Å². The molecule has 2 aliphatic rings. The summed E-state index contributed by atoms with van der Waals surface area (Å²) in [5.41, 5.74) is 2.30. The summed E-state index contributed by atoms with van der Waals surface area (Å²) in [5.74, 6) is -1.11. The number of benzene rings is 2. The standard InChI is InChI=1S/C29H31ClFN3O6S/c1-3-39-29-28(23-9-4-5-14-33(23)32-29)41(37,38)34-17-20(11-13-26(35)36)40-25-12-10-19(16-24(25)34)15-18(2)27-21(30)7-6-8-22(27)31/h6-8,10,12,15-16,20H,3-5,9,11,13-14,17H2,1-2H3,(H,35,36)/b18-15+. The van der Waals surface area contributed by atoms with Crippen molar-refractivity contribution in [2.24, 2.45) is 0 Å². The van der Waals surface area contributed by atoms with Gasteiger partial charge in [-0.3, -0.25) is 13.8 Å². The van der Waals surface area contributed by atoms with Crippen LogP contribution in [0.15, 0.2) is 41.3 Å². The van der Waals surface area contributed by atoms with Crippen LogP contribution in [0.25, 0.3) is 11.6 Å². The number of halogens is 2. The number of fused-ring (bicyclic) bond motifs is 2. The summed E-state index contributed by atoms with van der Waals surface area (Å²) in [6.45, 7) is 4.24. The zero-order valence-electron chi connectivity index (χ0n) is 22.8. The van der Waals surface area contributed by atoms with Gasteiger partial charge in [-0.05, 0) is 74.9 Å². The maximum absolute atomic E-state index is 14.6. The Morgan fingerprint density at radius 2 is 2.10 bits per heavy atom. The highest BCUT2D eigenvalue weighted by molar-refractivity contribution is 7.93. The molecule has 0 fully saturated rings. The monoisotopic (exact) mass is 603 g/mol. The van der Waals surface area contributed by atoms with Crippen LogP contribution in [-0.2, 0) is 27.8 Å². The minimum atomic E-state index is -4.21. The van der Waals surface area contributed by atoms with Gasteiger partial charge in [0.05, 0.1) is 29.6 Å². The lowest BCUT2D eigenvalue weighted by Crippen LogP contribution is -2.44. The molecule has 5 rings (SSSR count). The molecule has 3 heterocycles. The summed E-state index contributed by atoms with van der Waals surface area (Å²) in [6, 6.07) is 9.49. The molecule has 0 saturated heterocycles. The number of anilines is 1. The predicted octanol–water partition coefficient (Wildman–Crippen LogP) is 5.79. The average molecular weight is 604 g/mol. The lowest BCUT2D eigenvalue weighted by molar-refractivity contribution is -0.137. The first-order valence-electron chi connectivity index (χ1n) is 13.5. The number of allylic oxidation sites excluding steroid dienone is 1. The fourth-order valence-electron chi connectivity index (χ4n) is 5.32. The zero-order chi connectivity index (χ0) is 29.3. The number of sulfonamides is 1. The second kappa shape index (κ2) is 11.7. The van der Waals surface area contributed by atoms with Crippen molar-refractivity contribution in [1.82, 2.24) is 9.78 Å². The third-order valence-corrected chi connectivity index (χ3v) is 9.34. The number of nitrogens with zero attached hydrogens (tertiary/aromatic N) is 3. The summed E-state index contributed by atoms with van der Waals surface area (Å²) < 4.78 is 58.2. The van der Waals surface area contributed by atoms with E-state index in [1.807, 2.05) is 0 Å². The van der Waals surface area contributed by atoms with E-state index in [4.69, 9.17) is 21.1 Å². The summed E-state index contributed by atoms with van der Waals surface area (Å²) in [5, 5.41) is 14.0. The number of carboxylic acids is 1. The van der Waals surface area contributed by atoms with Gasteiger partial charge in [0.2, 0.25) is 0 Å². The first-order valence-corrected chi connectivity index (χ1v) is 15.3. The van der Waals surface area contributed by atoms with Crippen LogP contribution in [0.5, 0.6) is 11.6 Å². The highest BCUT2D eigenvalue weighted by Gasteiger charge is 2.40. The fraction of sp³-hybridized carbons (Fsp3) is 0.379. The van der Waals surface area contributed by atoms with Crippen molar-refractivity contribution in [3.63, 3.8) is 0 Å². The molecule has 0 amide bonds. The van der Waals surface area contributed by atoms with Crippen LogP contribution in [0.3, 0.4) is 0 Å².